The molecule has 0 fully saturated rings. The van der Waals surface area contributed by atoms with Crippen molar-refractivity contribution in [2.24, 2.45) is 0 Å². The van der Waals surface area contributed by atoms with Crippen LogP contribution >= 0.6 is 11.6 Å². The van der Waals surface area contributed by atoms with Crippen molar-refractivity contribution in [3.63, 3.8) is 0 Å². The van der Waals surface area contributed by atoms with Crippen molar-refractivity contribution in [3.8, 4) is 11.1 Å². The Labute approximate surface area is 174 Å². The number of ether oxygens (including phenoxy) is 1. The van der Waals surface area contributed by atoms with E-state index in [1.165, 1.54) is 18.2 Å². The number of alkyl carbamates (subject to hydrolysis) is 1. The minimum absolute atomic E-state index is 0.0520. The van der Waals surface area contributed by atoms with Crippen molar-refractivity contribution in [2.75, 3.05) is 0 Å². The highest BCUT2D eigenvalue weighted by atomic mass is 35.5. The van der Waals surface area contributed by atoms with Crippen molar-refractivity contribution in [1.29, 1.82) is 0 Å². The minimum atomic E-state index is -1.52. The third-order valence-corrected chi connectivity index (χ3v) is 4.69. The molecule has 0 bridgehead atoms. The predicted octanol–water partition coefficient (Wildman–Crippen LogP) is 5.45. The molecule has 0 aliphatic carbocycles. The zero-order valence-electron chi connectivity index (χ0n) is 16.9. The van der Waals surface area contributed by atoms with Crippen molar-refractivity contribution in [2.45, 2.75) is 51.7 Å². The highest BCUT2D eigenvalue weighted by Crippen LogP contribution is 2.27. The van der Waals surface area contributed by atoms with Gasteiger partial charge in [0.1, 0.15) is 17.0 Å². The lowest BCUT2D eigenvalue weighted by Gasteiger charge is -2.31. The Morgan fingerprint density at radius 3 is 2.28 bits per heavy atom. The van der Waals surface area contributed by atoms with Crippen molar-refractivity contribution >= 4 is 23.7 Å². The number of benzene rings is 2. The van der Waals surface area contributed by atoms with Crippen LogP contribution in [0.3, 0.4) is 0 Å². The summed E-state index contributed by atoms with van der Waals surface area (Å²) < 4.78 is 19.3. The van der Waals surface area contributed by atoms with Gasteiger partial charge in [-0.25, -0.2) is 14.0 Å². The van der Waals surface area contributed by atoms with Crippen LogP contribution in [0.15, 0.2) is 42.5 Å². The van der Waals surface area contributed by atoms with Crippen LogP contribution in [0.2, 0.25) is 5.02 Å². The molecule has 2 aromatic rings. The van der Waals surface area contributed by atoms with Gasteiger partial charge in [0.15, 0.2) is 0 Å². The molecule has 0 aliphatic rings. The molecule has 2 aromatic carbocycles. The largest absolute Gasteiger partial charge is 0.479 e. The zero-order valence-corrected chi connectivity index (χ0v) is 17.6. The van der Waals surface area contributed by atoms with Gasteiger partial charge in [-0.3, -0.25) is 0 Å². The molecule has 2 rings (SSSR count). The molecule has 0 heterocycles. The molecule has 1 amide bonds. The summed E-state index contributed by atoms with van der Waals surface area (Å²) in [4.78, 5) is 24.2. The lowest BCUT2D eigenvalue weighted by molar-refractivity contribution is -0.145. The molecular weight excluding hydrogens is 397 g/mol. The Kier molecular flexibility index (Phi) is 6.90. The van der Waals surface area contributed by atoms with Gasteiger partial charge in [-0.05, 0) is 56.5 Å². The van der Waals surface area contributed by atoms with Gasteiger partial charge in [-0.2, -0.15) is 0 Å². The topological polar surface area (TPSA) is 75.6 Å². The second-order valence-electron chi connectivity index (χ2n) is 7.87. The molecule has 7 heteroatoms. The molecule has 0 spiro atoms. The van der Waals surface area contributed by atoms with E-state index < -0.39 is 29.0 Å². The molecule has 1 unspecified atom stereocenters. The van der Waals surface area contributed by atoms with E-state index in [0.29, 0.717) is 21.7 Å². The molecule has 29 heavy (non-hydrogen) atoms. The average Bonchev–Trinajstić information content (AvgIpc) is 2.62. The quantitative estimate of drug-likeness (QED) is 0.650. The number of halogens is 2. The van der Waals surface area contributed by atoms with Gasteiger partial charge >= 0.3 is 12.1 Å². The summed E-state index contributed by atoms with van der Waals surface area (Å²) >= 11 is 5.95. The second-order valence-corrected chi connectivity index (χ2v) is 8.30. The van der Waals surface area contributed by atoms with Crippen LogP contribution in [-0.4, -0.2) is 28.3 Å². The van der Waals surface area contributed by atoms with Crippen LogP contribution < -0.4 is 5.32 Å². The first-order valence-electron chi connectivity index (χ1n) is 9.25. The van der Waals surface area contributed by atoms with Crippen LogP contribution in [0.25, 0.3) is 11.1 Å². The zero-order chi connectivity index (χ0) is 21.8. The van der Waals surface area contributed by atoms with E-state index in [0.717, 1.165) is 0 Å². The lowest BCUT2D eigenvalue weighted by Crippen LogP contribution is -2.56. The van der Waals surface area contributed by atoms with Gasteiger partial charge < -0.3 is 15.2 Å². The van der Waals surface area contributed by atoms with Gasteiger partial charge in [0.25, 0.3) is 0 Å². The molecule has 5 nitrogen and oxygen atoms in total. The summed E-state index contributed by atoms with van der Waals surface area (Å²) in [6, 6.07) is 11.1. The highest BCUT2D eigenvalue weighted by molar-refractivity contribution is 6.30. The van der Waals surface area contributed by atoms with E-state index in [2.05, 4.69) is 5.32 Å². The third-order valence-electron chi connectivity index (χ3n) is 4.45. The Balaban J connectivity index is 2.26. The van der Waals surface area contributed by atoms with Gasteiger partial charge in [-0.15, -0.1) is 0 Å². The average molecular weight is 422 g/mol. The molecule has 2 N–H and O–H groups in total. The van der Waals surface area contributed by atoms with Gasteiger partial charge in [0.05, 0.1) is 0 Å². The number of carboxylic acids is 1. The van der Waals surface area contributed by atoms with Crippen molar-refractivity contribution < 1.29 is 23.8 Å². The molecule has 0 saturated heterocycles. The summed E-state index contributed by atoms with van der Waals surface area (Å²) in [6.45, 7) is 6.79. The number of amides is 1. The molecule has 156 valence electrons. The highest BCUT2D eigenvalue weighted by Gasteiger charge is 2.39. The fourth-order valence-corrected chi connectivity index (χ4v) is 3.08. The van der Waals surface area contributed by atoms with Crippen LogP contribution in [0.5, 0.6) is 0 Å². The maximum Gasteiger partial charge on any atom is 0.408 e. The van der Waals surface area contributed by atoms with E-state index in [1.54, 1.807) is 52.0 Å². The van der Waals surface area contributed by atoms with E-state index in [4.69, 9.17) is 16.3 Å². The van der Waals surface area contributed by atoms with Crippen LogP contribution in [0.4, 0.5) is 9.18 Å². The molecule has 0 radical (unpaired) electrons. The summed E-state index contributed by atoms with van der Waals surface area (Å²) in [6.07, 6.45) is -0.581. The Morgan fingerprint density at radius 2 is 1.76 bits per heavy atom. The van der Waals surface area contributed by atoms with E-state index in [9.17, 15) is 19.1 Å². The fourth-order valence-electron chi connectivity index (χ4n) is 2.91. The first kappa shape index (κ1) is 22.7. The number of hydrogen-bond donors (Lipinski definition) is 2. The standard InChI is InChI=1S/C22H25ClFNO4/c1-5-22(19(26)27,25-20(28)29-21(2,3)4)13-14-6-8-15(9-7-14)17-12-16(23)10-11-18(17)24/h6-12H,5,13H2,1-4H3,(H,25,28)(H,26,27). The minimum Gasteiger partial charge on any atom is -0.479 e. The Hall–Kier alpha value is -2.60. The fraction of sp³-hybridized carbons (Fsp3) is 0.364. The van der Waals surface area contributed by atoms with E-state index in [1.807, 2.05) is 0 Å². The number of carbonyl (C=O) groups excluding carboxylic acids is 1. The first-order chi connectivity index (χ1) is 13.5. The SMILES string of the molecule is CCC(Cc1ccc(-c2cc(Cl)ccc2F)cc1)(NC(=O)OC(C)(C)C)C(=O)O. The van der Waals surface area contributed by atoms with Crippen LogP contribution in [0, 0.1) is 5.82 Å². The molecular formula is C22H25ClFNO4. The summed E-state index contributed by atoms with van der Waals surface area (Å²) in [7, 11) is 0. The summed E-state index contributed by atoms with van der Waals surface area (Å²) in [5.41, 5.74) is -0.616. The van der Waals surface area contributed by atoms with E-state index >= 15 is 0 Å². The maximum absolute atomic E-state index is 14.1. The Bertz CT molecular complexity index is 893. The number of carbonyl (C=O) groups is 2. The summed E-state index contributed by atoms with van der Waals surface area (Å²) in [5.74, 6) is -1.56. The third kappa shape index (κ3) is 5.94. The number of nitrogens with one attached hydrogen (secondary N) is 1. The number of carboxylic acid groups (broad SMARTS) is 1. The molecule has 0 saturated carbocycles. The molecule has 1 atom stereocenters. The Morgan fingerprint density at radius 1 is 1.14 bits per heavy atom. The van der Waals surface area contributed by atoms with Crippen molar-refractivity contribution in [1.82, 2.24) is 5.32 Å². The van der Waals surface area contributed by atoms with Gasteiger partial charge in [-0.1, -0.05) is 42.8 Å². The molecule has 0 aromatic heterocycles. The lowest BCUT2D eigenvalue weighted by atomic mass is 9.87. The van der Waals surface area contributed by atoms with Crippen LogP contribution in [0.1, 0.15) is 39.7 Å². The number of aliphatic carboxylic acids is 1. The summed E-state index contributed by atoms with van der Waals surface area (Å²) in [5, 5.41) is 12.7. The van der Waals surface area contributed by atoms with Gasteiger partial charge in [0.2, 0.25) is 0 Å². The number of hydrogen-bond acceptors (Lipinski definition) is 3. The molecule has 0 aliphatic heterocycles. The monoisotopic (exact) mass is 421 g/mol. The first-order valence-corrected chi connectivity index (χ1v) is 9.62. The maximum atomic E-state index is 14.1. The second kappa shape index (κ2) is 8.82. The smallest absolute Gasteiger partial charge is 0.408 e. The van der Waals surface area contributed by atoms with Crippen LogP contribution in [-0.2, 0) is 16.0 Å². The predicted molar refractivity (Wildman–Crippen MR) is 111 cm³/mol. The van der Waals surface area contributed by atoms with Crippen molar-refractivity contribution in [3.05, 3.63) is 58.9 Å². The normalized spacial score (nSPS) is 13.4. The van der Waals surface area contributed by atoms with Gasteiger partial charge in [0, 0.05) is 17.0 Å². The van der Waals surface area contributed by atoms with E-state index in [-0.39, 0.29) is 12.8 Å². The number of rotatable bonds is 6.